The van der Waals surface area contributed by atoms with Crippen molar-refractivity contribution in [3.63, 3.8) is 0 Å². The highest BCUT2D eigenvalue weighted by Gasteiger charge is 2.53. The molecule has 11 nitrogen and oxygen atoms in total. The van der Waals surface area contributed by atoms with Crippen LogP contribution in [0.1, 0.15) is 20.1 Å². The molecule has 0 aromatic carbocycles. The Kier molecular flexibility index (Phi) is 4.14. The van der Waals surface area contributed by atoms with Crippen LogP contribution in [0, 0.1) is 5.41 Å². The van der Waals surface area contributed by atoms with Crippen molar-refractivity contribution in [1.82, 2.24) is 19.5 Å². The Morgan fingerprint density at radius 3 is 2.83 bits per heavy atom. The lowest BCUT2D eigenvalue weighted by Gasteiger charge is -2.27. The van der Waals surface area contributed by atoms with Crippen molar-refractivity contribution in [2.24, 2.45) is 5.41 Å². The largest absolute Gasteiger partial charge is 0.428 e. The number of carbonyl (C=O) groups excluding carboxylic acids is 1. The first kappa shape index (κ1) is 16.9. The van der Waals surface area contributed by atoms with Crippen molar-refractivity contribution in [2.75, 3.05) is 0 Å². The number of hydrogen-bond acceptors (Lipinski definition) is 9. The molecule has 2 aromatic heterocycles. The van der Waals surface area contributed by atoms with Gasteiger partial charge >= 0.3 is 5.71 Å². The van der Waals surface area contributed by atoms with Crippen LogP contribution in [0.15, 0.2) is 17.4 Å². The molecule has 2 aromatic rings. The number of rotatable bonds is 3. The normalized spacial score (nSPS) is 26.2. The third-order valence-corrected chi connectivity index (χ3v) is 4.35. The maximum absolute atomic E-state index is 11.7. The molecule has 130 valence electrons. The molecule has 1 fully saturated rings. The minimum absolute atomic E-state index is 0.0702. The SMILES string of the molecule is CC1(C)[C@@H](OC(=O)P(O)O)O[C@@H](n2cnc3c(=O)[nH]cnc32)[C@@H]1O. The van der Waals surface area contributed by atoms with Gasteiger partial charge in [0, 0.05) is 0 Å². The summed E-state index contributed by atoms with van der Waals surface area (Å²) in [5, 5.41) is 10.5. The fourth-order valence-electron chi connectivity index (χ4n) is 2.47. The standard InChI is InChI=1S/C12H15N4O7P/c1-12(2)6(17)9(22-10(12)23-11(19)24(20)21)16-4-15-5-7(16)13-3-14-8(5)18/h3-4,6,9-10,17,20-21H,1-2H3,(H,13,14,18)/t6-,9+,10+/m0/s1. The molecule has 3 heterocycles. The van der Waals surface area contributed by atoms with E-state index in [0.717, 1.165) is 0 Å². The molecule has 0 bridgehead atoms. The van der Waals surface area contributed by atoms with Crippen LogP contribution in [0.25, 0.3) is 11.2 Å². The maximum Gasteiger partial charge on any atom is 0.385 e. The summed E-state index contributed by atoms with van der Waals surface area (Å²) in [7, 11) is -2.93. The number of aromatic amines is 1. The molecule has 3 atom stereocenters. The molecule has 0 saturated carbocycles. The van der Waals surface area contributed by atoms with Crippen LogP contribution in [0.3, 0.4) is 0 Å². The molecule has 0 unspecified atom stereocenters. The molecule has 4 N–H and O–H groups in total. The Morgan fingerprint density at radius 1 is 1.46 bits per heavy atom. The van der Waals surface area contributed by atoms with Gasteiger partial charge < -0.3 is 29.4 Å². The van der Waals surface area contributed by atoms with E-state index >= 15 is 0 Å². The van der Waals surface area contributed by atoms with E-state index < -0.39 is 43.7 Å². The van der Waals surface area contributed by atoms with E-state index in [1.807, 2.05) is 0 Å². The van der Waals surface area contributed by atoms with E-state index in [0.29, 0.717) is 0 Å². The summed E-state index contributed by atoms with van der Waals surface area (Å²) in [5.41, 5.74) is -2.47. The van der Waals surface area contributed by atoms with Crippen LogP contribution in [-0.4, -0.2) is 52.5 Å². The molecule has 0 radical (unpaired) electrons. The third-order valence-electron chi connectivity index (χ3n) is 3.91. The fraction of sp³-hybridized carbons (Fsp3) is 0.500. The number of ether oxygens (including phenoxy) is 2. The average molecular weight is 358 g/mol. The highest BCUT2D eigenvalue weighted by atomic mass is 31.2. The number of imidazole rings is 1. The van der Waals surface area contributed by atoms with Crippen molar-refractivity contribution in [3.05, 3.63) is 23.0 Å². The second-order valence-corrected chi connectivity index (χ2v) is 6.80. The van der Waals surface area contributed by atoms with Crippen molar-refractivity contribution < 1.29 is 29.2 Å². The number of H-pyrrole nitrogens is 1. The summed E-state index contributed by atoms with van der Waals surface area (Å²) in [6, 6.07) is 0. The Hall–Kier alpha value is -1.91. The van der Waals surface area contributed by atoms with Gasteiger partial charge in [-0.25, -0.2) is 14.8 Å². The zero-order chi connectivity index (χ0) is 17.6. The van der Waals surface area contributed by atoms with Crippen molar-refractivity contribution in [3.8, 4) is 0 Å². The number of carbonyl (C=O) groups is 1. The van der Waals surface area contributed by atoms with Gasteiger partial charge in [0.05, 0.1) is 18.1 Å². The van der Waals surface area contributed by atoms with Crippen LogP contribution in [0.5, 0.6) is 0 Å². The molecular formula is C12H15N4O7P. The number of hydrogen-bond donors (Lipinski definition) is 4. The van der Waals surface area contributed by atoms with Crippen molar-refractivity contribution in [1.29, 1.82) is 0 Å². The number of aliphatic hydroxyl groups excluding tert-OH is 1. The van der Waals surface area contributed by atoms with Gasteiger partial charge in [-0.05, 0) is 0 Å². The topological polar surface area (TPSA) is 160 Å². The Balaban J connectivity index is 1.95. The Labute approximate surface area is 135 Å². The molecule has 1 saturated heterocycles. The monoisotopic (exact) mass is 358 g/mol. The van der Waals surface area contributed by atoms with Crippen LogP contribution in [0.2, 0.25) is 0 Å². The van der Waals surface area contributed by atoms with Gasteiger partial charge in [-0.3, -0.25) is 9.36 Å². The lowest BCUT2D eigenvalue weighted by molar-refractivity contribution is -0.139. The van der Waals surface area contributed by atoms with E-state index in [2.05, 4.69) is 15.0 Å². The smallest absolute Gasteiger partial charge is 0.385 e. The lowest BCUT2D eigenvalue weighted by atomic mass is 9.87. The van der Waals surface area contributed by atoms with Gasteiger partial charge in [-0.15, -0.1) is 0 Å². The van der Waals surface area contributed by atoms with Gasteiger partial charge in [-0.2, -0.15) is 0 Å². The summed E-state index contributed by atoms with van der Waals surface area (Å²) in [6.45, 7) is 3.18. The minimum atomic E-state index is -2.93. The van der Waals surface area contributed by atoms with Gasteiger partial charge in [0.15, 0.2) is 17.4 Å². The molecule has 0 amide bonds. The molecule has 0 aliphatic carbocycles. The van der Waals surface area contributed by atoms with E-state index in [9.17, 15) is 14.7 Å². The lowest BCUT2D eigenvalue weighted by Crippen LogP contribution is -2.36. The summed E-state index contributed by atoms with van der Waals surface area (Å²) in [5.74, 6) is 0. The van der Waals surface area contributed by atoms with E-state index in [1.54, 1.807) is 13.8 Å². The quantitative estimate of drug-likeness (QED) is 0.544. The number of nitrogens with one attached hydrogen (secondary N) is 1. The van der Waals surface area contributed by atoms with Crippen LogP contribution < -0.4 is 5.56 Å². The third kappa shape index (κ3) is 2.60. The Bertz CT molecular complexity index is 832. The predicted octanol–water partition coefficient (Wildman–Crippen LogP) is -0.205. The maximum atomic E-state index is 11.7. The fourth-order valence-corrected chi connectivity index (χ4v) is 2.66. The summed E-state index contributed by atoms with van der Waals surface area (Å²) in [4.78, 5) is 51.3. The predicted molar refractivity (Wildman–Crippen MR) is 79.7 cm³/mol. The molecule has 24 heavy (non-hydrogen) atoms. The zero-order valence-corrected chi connectivity index (χ0v) is 13.5. The highest BCUT2D eigenvalue weighted by molar-refractivity contribution is 7.63. The number of nitrogens with zero attached hydrogens (tertiary/aromatic N) is 3. The molecular weight excluding hydrogens is 343 g/mol. The number of aliphatic hydroxyl groups is 1. The van der Waals surface area contributed by atoms with Crippen molar-refractivity contribution in [2.45, 2.75) is 32.5 Å². The van der Waals surface area contributed by atoms with Gasteiger partial charge in [0.2, 0.25) is 6.29 Å². The van der Waals surface area contributed by atoms with Gasteiger partial charge in [0.1, 0.15) is 6.10 Å². The molecule has 1 aliphatic heterocycles. The van der Waals surface area contributed by atoms with Crippen molar-refractivity contribution >= 4 is 25.2 Å². The minimum Gasteiger partial charge on any atom is -0.428 e. The van der Waals surface area contributed by atoms with Gasteiger partial charge in [-0.1, -0.05) is 13.8 Å². The van der Waals surface area contributed by atoms with E-state index in [1.165, 1.54) is 17.2 Å². The first-order chi connectivity index (χ1) is 11.2. The molecule has 0 spiro atoms. The first-order valence-electron chi connectivity index (χ1n) is 6.85. The van der Waals surface area contributed by atoms with Crippen LogP contribution in [0.4, 0.5) is 4.79 Å². The Morgan fingerprint density at radius 2 is 2.17 bits per heavy atom. The summed E-state index contributed by atoms with van der Waals surface area (Å²) < 4.78 is 11.8. The molecule has 1 aliphatic rings. The molecule has 12 heteroatoms. The number of aromatic nitrogens is 4. The van der Waals surface area contributed by atoms with Gasteiger partial charge in [0.25, 0.3) is 13.9 Å². The summed E-state index contributed by atoms with van der Waals surface area (Å²) in [6.07, 6.45) is -0.921. The van der Waals surface area contributed by atoms with Crippen LogP contribution >= 0.6 is 8.38 Å². The van der Waals surface area contributed by atoms with Crippen LogP contribution in [-0.2, 0) is 9.47 Å². The highest BCUT2D eigenvalue weighted by Crippen LogP contribution is 2.45. The first-order valence-corrected chi connectivity index (χ1v) is 8.10. The second kappa shape index (κ2) is 5.87. The average Bonchev–Trinajstić information content (AvgIpc) is 3.03. The second-order valence-electron chi connectivity index (χ2n) is 5.85. The zero-order valence-electron chi connectivity index (χ0n) is 12.7. The molecule has 3 rings (SSSR count). The van der Waals surface area contributed by atoms with E-state index in [4.69, 9.17) is 19.3 Å². The number of fused-ring (bicyclic) bond motifs is 1. The summed E-state index contributed by atoms with van der Waals surface area (Å²) >= 11 is 0. The van der Waals surface area contributed by atoms with E-state index in [-0.39, 0.29) is 11.2 Å².